The van der Waals surface area contributed by atoms with Crippen molar-refractivity contribution < 1.29 is 32.8 Å². The fourth-order valence-corrected chi connectivity index (χ4v) is 1.61. The van der Waals surface area contributed by atoms with Crippen molar-refractivity contribution in [2.75, 3.05) is 0 Å². The van der Waals surface area contributed by atoms with E-state index in [9.17, 15) is 18.0 Å². The monoisotopic (exact) mass is 290 g/mol. The van der Waals surface area contributed by atoms with Crippen molar-refractivity contribution in [3.05, 3.63) is 35.9 Å². The van der Waals surface area contributed by atoms with Crippen molar-refractivity contribution in [1.29, 1.82) is 0 Å². The zero-order valence-corrected chi connectivity index (χ0v) is 10.7. The van der Waals surface area contributed by atoms with Gasteiger partial charge in [-0.2, -0.15) is 8.42 Å². The molecule has 0 aromatic heterocycles. The Morgan fingerprint density at radius 2 is 1.37 bits per heavy atom. The molecule has 0 heterocycles. The van der Waals surface area contributed by atoms with E-state index >= 15 is 0 Å². The van der Waals surface area contributed by atoms with Crippen molar-refractivity contribution in [3.8, 4) is 0 Å². The first kappa shape index (κ1) is 17.1. The number of carboxylic acids is 2. The molecule has 106 valence electrons. The van der Waals surface area contributed by atoms with Gasteiger partial charge in [0.1, 0.15) is 5.75 Å². The summed E-state index contributed by atoms with van der Waals surface area (Å²) in [4.78, 5) is 19.3. The number of carbonyl (C=O) groups is 2. The highest BCUT2D eigenvalue weighted by Crippen LogP contribution is 2.02. The molecule has 1 rings (SSSR count). The summed E-state index contributed by atoms with van der Waals surface area (Å²) >= 11 is 0. The van der Waals surface area contributed by atoms with E-state index in [4.69, 9.17) is 14.8 Å². The van der Waals surface area contributed by atoms with Crippen molar-refractivity contribution in [2.45, 2.75) is 18.6 Å². The molecule has 8 heteroatoms. The molecule has 0 aliphatic carbocycles. The molecule has 1 aromatic carbocycles. The summed E-state index contributed by atoms with van der Waals surface area (Å²) in [6.07, 6.45) is -0.593. The third-order valence-electron chi connectivity index (χ3n) is 1.74. The molecule has 19 heavy (non-hydrogen) atoms. The predicted molar refractivity (Wildman–Crippen MR) is 66.2 cm³/mol. The minimum Gasteiger partial charge on any atom is -0.481 e. The van der Waals surface area contributed by atoms with Gasteiger partial charge in [0, 0.05) is 0 Å². The summed E-state index contributed by atoms with van der Waals surface area (Å²) in [7, 11) is -3.88. The Bertz CT molecular complexity index is 493. The normalized spacial score (nSPS) is 10.2. The second-order valence-corrected chi connectivity index (χ2v) is 4.95. The molecule has 0 amide bonds. The SMILES string of the molecule is O=C(O)CCC(=O)O.O=S(=O)(O)Cc1ccccc1. The lowest BCUT2D eigenvalue weighted by atomic mass is 10.2. The molecule has 0 spiro atoms. The smallest absolute Gasteiger partial charge is 0.303 e. The molecule has 0 atom stereocenters. The Labute approximate surface area is 110 Å². The minimum absolute atomic E-state index is 0.296. The summed E-state index contributed by atoms with van der Waals surface area (Å²) in [6, 6.07) is 8.52. The summed E-state index contributed by atoms with van der Waals surface area (Å²) < 4.78 is 29.2. The Hall–Kier alpha value is -1.93. The summed E-state index contributed by atoms with van der Waals surface area (Å²) in [6.45, 7) is 0. The van der Waals surface area contributed by atoms with Crippen LogP contribution in [0, 0.1) is 0 Å². The first-order valence-corrected chi connectivity index (χ1v) is 6.74. The molecule has 0 radical (unpaired) electrons. The third-order valence-corrected chi connectivity index (χ3v) is 2.44. The maximum absolute atomic E-state index is 10.4. The predicted octanol–water partition coefficient (Wildman–Crippen LogP) is 1.01. The summed E-state index contributed by atoms with van der Waals surface area (Å²) in [5, 5.41) is 15.8. The molecule has 3 N–H and O–H groups in total. The Morgan fingerprint density at radius 3 is 1.68 bits per heavy atom. The highest BCUT2D eigenvalue weighted by molar-refractivity contribution is 7.85. The Kier molecular flexibility index (Phi) is 7.39. The fraction of sp³-hybridized carbons (Fsp3) is 0.273. The number of aliphatic carboxylic acids is 2. The van der Waals surface area contributed by atoms with Crippen LogP contribution in [0.25, 0.3) is 0 Å². The summed E-state index contributed by atoms with van der Waals surface area (Å²) in [5.74, 6) is -2.46. The quantitative estimate of drug-likeness (QED) is 0.690. The molecule has 0 unspecified atom stereocenters. The zero-order valence-electron chi connectivity index (χ0n) is 9.89. The van der Waals surface area contributed by atoms with Crippen LogP contribution in [0.2, 0.25) is 0 Å². The van der Waals surface area contributed by atoms with Crippen LogP contribution in [0.3, 0.4) is 0 Å². The first-order valence-electron chi connectivity index (χ1n) is 5.13. The van der Waals surface area contributed by atoms with E-state index in [2.05, 4.69) is 0 Å². The second-order valence-electron chi connectivity index (χ2n) is 3.50. The van der Waals surface area contributed by atoms with E-state index in [1.165, 1.54) is 0 Å². The molecule has 7 nitrogen and oxygen atoms in total. The molecule has 1 aromatic rings. The van der Waals surface area contributed by atoms with Crippen LogP contribution in [0.4, 0.5) is 0 Å². The Morgan fingerprint density at radius 1 is 0.947 bits per heavy atom. The van der Waals surface area contributed by atoms with Gasteiger partial charge in [-0.15, -0.1) is 0 Å². The van der Waals surface area contributed by atoms with Crippen LogP contribution in [-0.2, 0) is 25.5 Å². The van der Waals surface area contributed by atoms with Gasteiger partial charge in [-0.25, -0.2) is 0 Å². The fourth-order valence-electron chi connectivity index (χ4n) is 0.999. The van der Waals surface area contributed by atoms with Gasteiger partial charge in [-0.3, -0.25) is 14.1 Å². The molecule has 0 aliphatic rings. The van der Waals surface area contributed by atoms with E-state index in [0.29, 0.717) is 5.56 Å². The van der Waals surface area contributed by atoms with Gasteiger partial charge in [-0.05, 0) is 5.56 Å². The van der Waals surface area contributed by atoms with Crippen LogP contribution < -0.4 is 0 Å². The molecular formula is C11H14O7S. The maximum Gasteiger partial charge on any atom is 0.303 e. The van der Waals surface area contributed by atoms with Gasteiger partial charge in [0.15, 0.2) is 0 Å². The van der Waals surface area contributed by atoms with Crippen LogP contribution in [0.1, 0.15) is 18.4 Å². The molecule has 0 aliphatic heterocycles. The second kappa shape index (κ2) is 8.22. The van der Waals surface area contributed by atoms with Crippen LogP contribution in [0.15, 0.2) is 30.3 Å². The van der Waals surface area contributed by atoms with Crippen molar-refractivity contribution >= 4 is 22.1 Å². The van der Waals surface area contributed by atoms with Gasteiger partial charge in [-0.1, -0.05) is 30.3 Å². The summed E-state index contributed by atoms with van der Waals surface area (Å²) in [5.41, 5.74) is 0.593. The van der Waals surface area contributed by atoms with Gasteiger partial charge in [0.2, 0.25) is 0 Å². The van der Waals surface area contributed by atoms with Gasteiger partial charge >= 0.3 is 11.9 Å². The number of hydrogen-bond acceptors (Lipinski definition) is 4. The Balaban J connectivity index is 0.000000362. The van der Waals surface area contributed by atoms with Crippen molar-refractivity contribution in [3.63, 3.8) is 0 Å². The van der Waals surface area contributed by atoms with Gasteiger partial charge in [0.25, 0.3) is 10.1 Å². The van der Waals surface area contributed by atoms with E-state index in [-0.39, 0.29) is 18.6 Å². The first-order chi connectivity index (χ1) is 8.70. The van der Waals surface area contributed by atoms with E-state index < -0.39 is 22.1 Å². The average Bonchev–Trinajstić information content (AvgIpc) is 2.26. The lowest BCUT2D eigenvalue weighted by Gasteiger charge is -1.95. The zero-order chi connectivity index (χ0) is 14.9. The van der Waals surface area contributed by atoms with E-state index in [1.807, 2.05) is 0 Å². The standard InChI is InChI=1S/C7H8O3S.C4H6O4/c8-11(9,10)6-7-4-2-1-3-5-7;5-3(6)1-2-4(7)8/h1-5H,6H2,(H,8,9,10);1-2H2,(H,5,6)(H,7,8). The van der Waals surface area contributed by atoms with Crippen LogP contribution in [-0.4, -0.2) is 35.1 Å². The lowest BCUT2D eigenvalue weighted by molar-refractivity contribution is -0.143. The molecule has 0 bridgehead atoms. The van der Waals surface area contributed by atoms with Gasteiger partial charge in [0.05, 0.1) is 12.8 Å². The molecule has 0 saturated carbocycles. The average molecular weight is 290 g/mol. The molecular weight excluding hydrogens is 276 g/mol. The van der Waals surface area contributed by atoms with E-state index in [1.54, 1.807) is 30.3 Å². The topological polar surface area (TPSA) is 129 Å². The number of rotatable bonds is 5. The van der Waals surface area contributed by atoms with Crippen molar-refractivity contribution in [1.82, 2.24) is 0 Å². The van der Waals surface area contributed by atoms with Crippen molar-refractivity contribution in [2.24, 2.45) is 0 Å². The van der Waals surface area contributed by atoms with E-state index in [0.717, 1.165) is 0 Å². The number of hydrogen-bond donors (Lipinski definition) is 3. The highest BCUT2D eigenvalue weighted by Gasteiger charge is 2.04. The number of benzene rings is 1. The highest BCUT2D eigenvalue weighted by atomic mass is 32.2. The van der Waals surface area contributed by atoms with Crippen LogP contribution >= 0.6 is 0 Å². The lowest BCUT2D eigenvalue weighted by Crippen LogP contribution is -2.00. The van der Waals surface area contributed by atoms with Gasteiger partial charge < -0.3 is 10.2 Å². The maximum atomic E-state index is 10.4. The molecule has 0 saturated heterocycles. The largest absolute Gasteiger partial charge is 0.481 e. The van der Waals surface area contributed by atoms with Crippen LogP contribution in [0.5, 0.6) is 0 Å². The third kappa shape index (κ3) is 12.3. The molecule has 0 fully saturated rings. The number of carboxylic acid groups (broad SMARTS) is 2. The minimum atomic E-state index is -3.88.